The lowest BCUT2D eigenvalue weighted by molar-refractivity contribution is -0.114. The van der Waals surface area contributed by atoms with Crippen molar-refractivity contribution < 1.29 is 4.79 Å². The third-order valence-electron chi connectivity index (χ3n) is 3.71. The average Bonchev–Trinajstić information content (AvgIpc) is 2.24. The van der Waals surface area contributed by atoms with Gasteiger partial charge in [0, 0.05) is 0 Å². The summed E-state index contributed by atoms with van der Waals surface area (Å²) in [4.78, 5) is 11.3. The second kappa shape index (κ2) is 3.23. The van der Waals surface area contributed by atoms with E-state index < -0.39 is 0 Å². The van der Waals surface area contributed by atoms with Gasteiger partial charge in [0.05, 0.1) is 5.41 Å². The van der Waals surface area contributed by atoms with Crippen molar-refractivity contribution in [3.63, 3.8) is 0 Å². The predicted molar refractivity (Wildman–Crippen MR) is 57.3 cm³/mol. The molecule has 0 N–H and O–H groups in total. The van der Waals surface area contributed by atoms with Crippen molar-refractivity contribution in [1.82, 2.24) is 0 Å². The van der Waals surface area contributed by atoms with Crippen LogP contribution in [-0.4, -0.2) is 6.29 Å². The van der Waals surface area contributed by atoms with Gasteiger partial charge in [0.2, 0.25) is 0 Å². The molecule has 0 aliphatic heterocycles. The van der Waals surface area contributed by atoms with Crippen molar-refractivity contribution in [2.75, 3.05) is 0 Å². The lowest BCUT2D eigenvalue weighted by Crippen LogP contribution is -2.36. The molecule has 0 radical (unpaired) electrons. The minimum absolute atomic E-state index is 0.269. The van der Waals surface area contributed by atoms with Crippen LogP contribution in [0.4, 0.5) is 0 Å². The molecule has 0 heterocycles. The monoisotopic (exact) mass is 188 g/mol. The van der Waals surface area contributed by atoms with Crippen molar-refractivity contribution in [2.24, 2.45) is 5.92 Å². The van der Waals surface area contributed by atoms with Crippen LogP contribution in [0, 0.1) is 5.92 Å². The summed E-state index contributed by atoms with van der Waals surface area (Å²) in [6, 6.07) is 8.32. The van der Waals surface area contributed by atoms with E-state index in [1.165, 1.54) is 11.1 Å². The fourth-order valence-corrected chi connectivity index (χ4v) is 2.38. The van der Waals surface area contributed by atoms with Gasteiger partial charge in [-0.25, -0.2) is 0 Å². The molecule has 1 aliphatic rings. The van der Waals surface area contributed by atoms with E-state index in [2.05, 4.69) is 32.0 Å². The number of fused-ring (bicyclic) bond motifs is 1. The van der Waals surface area contributed by atoms with E-state index in [-0.39, 0.29) is 5.41 Å². The highest BCUT2D eigenvalue weighted by atomic mass is 16.1. The van der Waals surface area contributed by atoms with Crippen LogP contribution in [0.15, 0.2) is 24.3 Å². The molecule has 0 fully saturated rings. The molecule has 1 aromatic rings. The number of rotatable bonds is 1. The SMILES string of the molecule is CC1CCc2ccccc2C1(C)C=O. The fourth-order valence-electron chi connectivity index (χ4n) is 2.38. The first-order chi connectivity index (χ1) is 6.68. The van der Waals surface area contributed by atoms with Crippen LogP contribution in [0.25, 0.3) is 0 Å². The summed E-state index contributed by atoms with van der Waals surface area (Å²) in [6.45, 7) is 4.23. The van der Waals surface area contributed by atoms with Crippen molar-refractivity contribution >= 4 is 6.29 Å². The highest BCUT2D eigenvalue weighted by Gasteiger charge is 2.37. The maximum atomic E-state index is 11.3. The first-order valence-electron chi connectivity index (χ1n) is 5.23. The second-order valence-corrected chi connectivity index (χ2v) is 4.50. The normalized spacial score (nSPS) is 30.9. The molecule has 0 aromatic heterocycles. The third kappa shape index (κ3) is 1.19. The molecule has 2 unspecified atom stereocenters. The molecule has 2 rings (SSSR count). The zero-order chi connectivity index (χ0) is 10.2. The van der Waals surface area contributed by atoms with Crippen LogP contribution in [-0.2, 0) is 16.6 Å². The molecule has 1 aromatic carbocycles. The quantitative estimate of drug-likeness (QED) is 0.619. The Kier molecular flexibility index (Phi) is 2.18. The summed E-state index contributed by atoms with van der Waals surface area (Å²) in [5.74, 6) is 0.454. The first-order valence-corrected chi connectivity index (χ1v) is 5.23. The Morgan fingerprint density at radius 3 is 2.86 bits per heavy atom. The number of aldehydes is 1. The number of aryl methyl sites for hydroxylation is 1. The smallest absolute Gasteiger partial charge is 0.130 e. The zero-order valence-electron chi connectivity index (χ0n) is 8.79. The number of carbonyl (C=O) groups is 1. The molecule has 14 heavy (non-hydrogen) atoms. The van der Waals surface area contributed by atoms with Crippen LogP contribution in [0.5, 0.6) is 0 Å². The minimum atomic E-state index is -0.269. The number of hydrogen-bond donors (Lipinski definition) is 0. The van der Waals surface area contributed by atoms with Crippen LogP contribution < -0.4 is 0 Å². The Morgan fingerprint density at radius 2 is 2.14 bits per heavy atom. The lowest BCUT2D eigenvalue weighted by Gasteiger charge is -2.37. The number of hydrogen-bond acceptors (Lipinski definition) is 1. The van der Waals surface area contributed by atoms with Crippen LogP contribution in [0.1, 0.15) is 31.4 Å². The molecule has 0 saturated carbocycles. The highest BCUT2D eigenvalue weighted by molar-refractivity contribution is 5.70. The molecule has 0 amide bonds. The Bertz CT molecular complexity index is 356. The van der Waals surface area contributed by atoms with E-state index in [1.54, 1.807) is 0 Å². The Hall–Kier alpha value is -1.11. The maximum Gasteiger partial charge on any atom is 0.130 e. The van der Waals surface area contributed by atoms with Crippen molar-refractivity contribution in [1.29, 1.82) is 0 Å². The Balaban J connectivity index is 2.57. The molecule has 0 spiro atoms. The summed E-state index contributed by atoms with van der Waals surface area (Å²) in [6.07, 6.45) is 3.35. The van der Waals surface area contributed by atoms with Gasteiger partial charge in [-0.15, -0.1) is 0 Å². The third-order valence-corrected chi connectivity index (χ3v) is 3.71. The van der Waals surface area contributed by atoms with E-state index >= 15 is 0 Å². The van der Waals surface area contributed by atoms with Gasteiger partial charge in [0.1, 0.15) is 6.29 Å². The molecule has 74 valence electrons. The van der Waals surface area contributed by atoms with E-state index in [4.69, 9.17) is 0 Å². The summed E-state index contributed by atoms with van der Waals surface area (Å²) in [7, 11) is 0. The predicted octanol–water partition coefficient (Wildman–Crippen LogP) is 2.73. The van der Waals surface area contributed by atoms with Gasteiger partial charge in [-0.05, 0) is 36.8 Å². The standard InChI is InChI=1S/C13H16O/c1-10-7-8-11-5-3-4-6-12(11)13(10,2)9-14/h3-6,9-10H,7-8H2,1-2H3. The van der Waals surface area contributed by atoms with Gasteiger partial charge >= 0.3 is 0 Å². The van der Waals surface area contributed by atoms with Gasteiger partial charge in [-0.2, -0.15) is 0 Å². The van der Waals surface area contributed by atoms with Crippen LogP contribution in [0.2, 0.25) is 0 Å². The molecule has 1 aliphatic carbocycles. The summed E-state index contributed by atoms with van der Waals surface area (Å²) >= 11 is 0. The minimum Gasteiger partial charge on any atom is -0.302 e. The molecule has 0 bridgehead atoms. The largest absolute Gasteiger partial charge is 0.302 e. The molecule has 1 nitrogen and oxygen atoms in total. The summed E-state index contributed by atoms with van der Waals surface area (Å²) in [5, 5.41) is 0. The maximum absolute atomic E-state index is 11.3. The molecule has 1 heteroatoms. The van der Waals surface area contributed by atoms with Gasteiger partial charge in [0.15, 0.2) is 0 Å². The van der Waals surface area contributed by atoms with Crippen molar-refractivity contribution in [2.45, 2.75) is 32.1 Å². The van der Waals surface area contributed by atoms with Crippen LogP contribution >= 0.6 is 0 Å². The van der Waals surface area contributed by atoms with E-state index in [0.717, 1.165) is 19.1 Å². The summed E-state index contributed by atoms with van der Waals surface area (Å²) < 4.78 is 0. The Labute approximate surface area is 85.1 Å². The van der Waals surface area contributed by atoms with Crippen molar-refractivity contribution in [3.05, 3.63) is 35.4 Å². The van der Waals surface area contributed by atoms with Gasteiger partial charge in [0.25, 0.3) is 0 Å². The first kappa shape index (κ1) is 9.45. The number of carbonyl (C=O) groups excluding carboxylic acids is 1. The average molecular weight is 188 g/mol. The van der Waals surface area contributed by atoms with Gasteiger partial charge in [-0.1, -0.05) is 31.2 Å². The van der Waals surface area contributed by atoms with E-state index in [0.29, 0.717) is 5.92 Å². The molecule has 0 saturated heterocycles. The zero-order valence-corrected chi connectivity index (χ0v) is 8.79. The number of benzene rings is 1. The Morgan fingerprint density at radius 1 is 1.43 bits per heavy atom. The second-order valence-electron chi connectivity index (χ2n) is 4.50. The van der Waals surface area contributed by atoms with E-state index in [9.17, 15) is 4.79 Å². The lowest BCUT2D eigenvalue weighted by atomic mass is 9.66. The van der Waals surface area contributed by atoms with Gasteiger partial charge in [-0.3, -0.25) is 0 Å². The van der Waals surface area contributed by atoms with Crippen molar-refractivity contribution in [3.8, 4) is 0 Å². The van der Waals surface area contributed by atoms with Crippen LogP contribution in [0.3, 0.4) is 0 Å². The van der Waals surface area contributed by atoms with E-state index in [1.807, 2.05) is 6.07 Å². The summed E-state index contributed by atoms with van der Waals surface area (Å²) in [5.41, 5.74) is 2.31. The fraction of sp³-hybridized carbons (Fsp3) is 0.462. The topological polar surface area (TPSA) is 17.1 Å². The molecule has 2 atom stereocenters. The molecular formula is C13H16O. The highest BCUT2D eigenvalue weighted by Crippen LogP contribution is 2.39. The van der Waals surface area contributed by atoms with Gasteiger partial charge < -0.3 is 4.79 Å². The molecular weight excluding hydrogens is 172 g/mol.